The minimum Gasteiger partial charge on any atom is -0.337 e. The number of aryl methyl sites for hydroxylation is 1. The first-order valence-corrected chi connectivity index (χ1v) is 9.54. The monoisotopic (exact) mass is 385 g/mol. The van der Waals surface area contributed by atoms with E-state index in [1.807, 2.05) is 60.4 Å². The van der Waals surface area contributed by atoms with Gasteiger partial charge in [0.15, 0.2) is 0 Å². The van der Waals surface area contributed by atoms with E-state index in [0.29, 0.717) is 43.3 Å². The van der Waals surface area contributed by atoms with Crippen molar-refractivity contribution in [3.63, 3.8) is 0 Å². The zero-order chi connectivity index (χ0) is 19.2. The Morgan fingerprint density at radius 1 is 0.963 bits per heavy atom. The number of carbonyl (C=O) groups excluding carboxylic acids is 2. The zero-order valence-electron chi connectivity index (χ0n) is 15.5. The summed E-state index contributed by atoms with van der Waals surface area (Å²) in [6.45, 7) is 4.73. The van der Waals surface area contributed by atoms with Crippen molar-refractivity contribution in [2.45, 2.75) is 19.9 Å². The molecule has 0 unspecified atom stereocenters. The van der Waals surface area contributed by atoms with Gasteiger partial charge in [-0.3, -0.25) is 4.79 Å². The maximum atomic E-state index is 12.7. The highest BCUT2D eigenvalue weighted by Gasteiger charge is 2.22. The highest BCUT2D eigenvalue weighted by Crippen LogP contribution is 2.15. The van der Waals surface area contributed by atoms with Crippen LogP contribution < -0.4 is 5.32 Å². The van der Waals surface area contributed by atoms with Crippen molar-refractivity contribution in [1.82, 2.24) is 15.1 Å². The number of nitrogens with one attached hydrogen (secondary N) is 1. The minimum atomic E-state index is -0.125. The lowest BCUT2D eigenvalue weighted by molar-refractivity contribution is 0.0762. The van der Waals surface area contributed by atoms with Gasteiger partial charge >= 0.3 is 6.03 Å². The summed E-state index contributed by atoms with van der Waals surface area (Å²) in [7, 11) is 0. The largest absolute Gasteiger partial charge is 0.337 e. The molecule has 5 nitrogen and oxygen atoms in total. The molecule has 0 aliphatic carbocycles. The molecule has 1 N–H and O–H groups in total. The minimum absolute atomic E-state index is 0.0216. The molecule has 0 atom stereocenters. The normalized spacial score (nSPS) is 14.6. The van der Waals surface area contributed by atoms with Gasteiger partial charge in [0.2, 0.25) is 0 Å². The van der Waals surface area contributed by atoms with Gasteiger partial charge in [-0.25, -0.2) is 4.79 Å². The van der Waals surface area contributed by atoms with Crippen LogP contribution in [0, 0.1) is 6.92 Å². The van der Waals surface area contributed by atoms with Gasteiger partial charge in [-0.1, -0.05) is 47.5 Å². The second-order valence-electron chi connectivity index (χ2n) is 6.75. The summed E-state index contributed by atoms with van der Waals surface area (Å²) < 4.78 is 0. The Kier molecular flexibility index (Phi) is 6.35. The van der Waals surface area contributed by atoms with E-state index in [1.165, 1.54) is 0 Å². The number of nitrogens with zero attached hydrogens (tertiary/aromatic N) is 2. The molecule has 3 rings (SSSR count). The van der Waals surface area contributed by atoms with Gasteiger partial charge < -0.3 is 15.1 Å². The van der Waals surface area contributed by atoms with Gasteiger partial charge in [-0.05, 0) is 37.1 Å². The number of carbonyl (C=O) groups is 2. The van der Waals surface area contributed by atoms with Gasteiger partial charge in [0.1, 0.15) is 0 Å². The summed E-state index contributed by atoms with van der Waals surface area (Å²) >= 11 is 6.13. The van der Waals surface area contributed by atoms with Crippen LogP contribution in [0.3, 0.4) is 0 Å². The summed E-state index contributed by atoms with van der Waals surface area (Å²) in [5, 5.41) is 3.56. The van der Waals surface area contributed by atoms with Crippen LogP contribution in [-0.2, 0) is 6.54 Å². The number of benzene rings is 2. The topological polar surface area (TPSA) is 52.7 Å². The fourth-order valence-electron chi connectivity index (χ4n) is 3.13. The van der Waals surface area contributed by atoms with E-state index in [-0.39, 0.29) is 11.9 Å². The van der Waals surface area contributed by atoms with Crippen molar-refractivity contribution in [3.8, 4) is 0 Å². The van der Waals surface area contributed by atoms with E-state index in [4.69, 9.17) is 11.6 Å². The van der Waals surface area contributed by atoms with Crippen LogP contribution in [0.4, 0.5) is 4.79 Å². The molecule has 1 aliphatic heterocycles. The van der Waals surface area contributed by atoms with E-state index < -0.39 is 0 Å². The van der Waals surface area contributed by atoms with Crippen LogP contribution in [0.2, 0.25) is 5.02 Å². The summed E-state index contributed by atoms with van der Waals surface area (Å²) in [5.74, 6) is 0.0216. The molecule has 0 bridgehead atoms. The van der Waals surface area contributed by atoms with Gasteiger partial charge in [-0.15, -0.1) is 0 Å². The zero-order valence-corrected chi connectivity index (χ0v) is 16.2. The van der Waals surface area contributed by atoms with Crippen LogP contribution in [0.25, 0.3) is 0 Å². The van der Waals surface area contributed by atoms with Crippen molar-refractivity contribution in [1.29, 1.82) is 0 Å². The van der Waals surface area contributed by atoms with Crippen molar-refractivity contribution in [2.75, 3.05) is 26.2 Å². The van der Waals surface area contributed by atoms with Gasteiger partial charge in [0.05, 0.1) is 0 Å². The molecule has 142 valence electrons. The van der Waals surface area contributed by atoms with Crippen LogP contribution in [0.5, 0.6) is 0 Å². The second-order valence-corrected chi connectivity index (χ2v) is 7.16. The van der Waals surface area contributed by atoms with E-state index in [1.54, 1.807) is 4.90 Å². The smallest absolute Gasteiger partial charge is 0.317 e. The quantitative estimate of drug-likeness (QED) is 0.875. The molecule has 0 radical (unpaired) electrons. The summed E-state index contributed by atoms with van der Waals surface area (Å²) in [5.41, 5.74) is 2.71. The maximum Gasteiger partial charge on any atom is 0.317 e. The summed E-state index contributed by atoms with van der Waals surface area (Å²) in [4.78, 5) is 28.8. The van der Waals surface area contributed by atoms with E-state index in [2.05, 4.69) is 5.32 Å². The lowest BCUT2D eigenvalue weighted by Crippen LogP contribution is -2.42. The lowest BCUT2D eigenvalue weighted by atomic mass is 10.1. The Balaban J connectivity index is 1.54. The highest BCUT2D eigenvalue weighted by atomic mass is 35.5. The average Bonchev–Trinajstić information content (AvgIpc) is 2.93. The molecule has 0 saturated carbocycles. The van der Waals surface area contributed by atoms with Crippen molar-refractivity contribution < 1.29 is 9.59 Å². The first kappa shape index (κ1) is 19.2. The van der Waals surface area contributed by atoms with E-state index >= 15 is 0 Å². The molecule has 1 aliphatic rings. The first-order valence-electron chi connectivity index (χ1n) is 9.17. The molecular weight excluding hydrogens is 362 g/mol. The lowest BCUT2D eigenvalue weighted by Gasteiger charge is -2.22. The van der Waals surface area contributed by atoms with Crippen molar-refractivity contribution in [2.24, 2.45) is 0 Å². The molecule has 1 fully saturated rings. The number of hydrogen-bond donors (Lipinski definition) is 1. The molecule has 27 heavy (non-hydrogen) atoms. The highest BCUT2D eigenvalue weighted by molar-refractivity contribution is 6.31. The predicted octanol–water partition coefficient (Wildman–Crippen LogP) is 3.71. The molecule has 2 aromatic carbocycles. The Labute approximate surface area is 164 Å². The second kappa shape index (κ2) is 8.91. The summed E-state index contributed by atoms with van der Waals surface area (Å²) in [6, 6.07) is 14.9. The van der Waals surface area contributed by atoms with Gasteiger partial charge in [-0.2, -0.15) is 0 Å². The number of rotatable bonds is 3. The molecular formula is C21H24ClN3O2. The number of hydrogen-bond acceptors (Lipinski definition) is 2. The van der Waals surface area contributed by atoms with Crippen LogP contribution >= 0.6 is 11.6 Å². The van der Waals surface area contributed by atoms with Crippen LogP contribution in [0.15, 0.2) is 48.5 Å². The van der Waals surface area contributed by atoms with Gasteiger partial charge in [0, 0.05) is 43.3 Å². The first-order chi connectivity index (χ1) is 13.0. The Bertz CT molecular complexity index is 807. The van der Waals surface area contributed by atoms with Crippen LogP contribution in [-0.4, -0.2) is 47.9 Å². The number of halogens is 1. The third-order valence-electron chi connectivity index (χ3n) is 4.76. The van der Waals surface area contributed by atoms with E-state index in [9.17, 15) is 9.59 Å². The molecule has 1 heterocycles. The Hall–Kier alpha value is -2.53. The van der Waals surface area contributed by atoms with Crippen molar-refractivity contribution in [3.05, 3.63) is 70.2 Å². The molecule has 2 aromatic rings. The fourth-order valence-corrected chi connectivity index (χ4v) is 3.33. The molecule has 0 spiro atoms. The molecule has 0 aromatic heterocycles. The maximum absolute atomic E-state index is 12.7. The van der Waals surface area contributed by atoms with E-state index in [0.717, 1.165) is 17.5 Å². The molecule has 1 saturated heterocycles. The SMILES string of the molecule is Cc1ccc(C(=O)N2CCCN(C(=O)NCc3ccccc3Cl)CC2)cc1. The van der Waals surface area contributed by atoms with Crippen molar-refractivity contribution >= 4 is 23.5 Å². The fraction of sp³-hybridized carbons (Fsp3) is 0.333. The Morgan fingerprint density at radius 2 is 1.63 bits per heavy atom. The third kappa shape index (κ3) is 5.01. The van der Waals surface area contributed by atoms with Crippen LogP contribution in [0.1, 0.15) is 27.9 Å². The average molecular weight is 386 g/mol. The molecule has 3 amide bonds. The summed E-state index contributed by atoms with van der Waals surface area (Å²) in [6.07, 6.45) is 0.761. The Morgan fingerprint density at radius 3 is 2.37 bits per heavy atom. The standard InChI is InChI=1S/C21H24ClN3O2/c1-16-7-9-17(10-8-16)20(26)24-11-4-12-25(14-13-24)21(27)23-15-18-5-2-3-6-19(18)22/h2-3,5-10H,4,11-15H2,1H3,(H,23,27). The number of urea groups is 1. The van der Waals surface area contributed by atoms with Gasteiger partial charge in [0.25, 0.3) is 5.91 Å². The third-order valence-corrected chi connectivity index (χ3v) is 5.13. The predicted molar refractivity (Wildman–Crippen MR) is 107 cm³/mol. The molecule has 6 heteroatoms. The number of amides is 3.